The number of hydrogen-bond acceptors (Lipinski definition) is 0. The van der Waals surface area contributed by atoms with Crippen molar-refractivity contribution < 1.29 is 0 Å². The Kier molecular flexibility index (Phi) is 5.68. The third-order valence-corrected chi connectivity index (χ3v) is 4.37. The van der Waals surface area contributed by atoms with E-state index in [0.717, 1.165) is 17.3 Å². The molecule has 0 fully saturated rings. The van der Waals surface area contributed by atoms with Gasteiger partial charge in [0.15, 0.2) is 0 Å². The smallest absolute Gasteiger partial charge is 0.0258 e. The van der Waals surface area contributed by atoms with Crippen molar-refractivity contribution in [3.8, 4) is 0 Å². The molecule has 2 rings (SSSR count). The predicted molar refractivity (Wildman–Crippen MR) is 91.7 cm³/mol. The Morgan fingerprint density at radius 3 is 2.20 bits per heavy atom. The summed E-state index contributed by atoms with van der Waals surface area (Å²) in [6.45, 7) is 4.31. The number of benzene rings is 2. The molecule has 0 nitrogen and oxygen atoms in total. The van der Waals surface area contributed by atoms with Crippen molar-refractivity contribution in [2.24, 2.45) is 5.92 Å². The molecule has 0 bridgehead atoms. The first kappa shape index (κ1) is 15.6. The molecule has 0 saturated carbocycles. The van der Waals surface area contributed by atoms with Crippen LogP contribution in [-0.4, -0.2) is 5.88 Å². The van der Waals surface area contributed by atoms with Gasteiger partial charge in [0.1, 0.15) is 0 Å². The van der Waals surface area contributed by atoms with E-state index in [0.29, 0.717) is 11.8 Å². The van der Waals surface area contributed by atoms with E-state index in [1.54, 1.807) is 0 Å². The molecule has 20 heavy (non-hydrogen) atoms. The summed E-state index contributed by atoms with van der Waals surface area (Å²) in [4.78, 5) is 0. The van der Waals surface area contributed by atoms with Crippen LogP contribution >= 0.6 is 27.5 Å². The average Bonchev–Trinajstić information content (AvgIpc) is 2.36. The van der Waals surface area contributed by atoms with Crippen molar-refractivity contribution in [1.82, 2.24) is 0 Å². The highest BCUT2D eigenvalue weighted by molar-refractivity contribution is 9.10. The van der Waals surface area contributed by atoms with Crippen molar-refractivity contribution in [2.75, 3.05) is 5.88 Å². The first-order valence-corrected chi connectivity index (χ1v) is 8.27. The molecule has 0 spiro atoms. The van der Waals surface area contributed by atoms with E-state index in [-0.39, 0.29) is 0 Å². The maximum absolute atomic E-state index is 6.17. The Morgan fingerprint density at radius 2 is 1.60 bits per heavy atom. The summed E-state index contributed by atoms with van der Waals surface area (Å²) in [5.41, 5.74) is 5.39. The van der Waals surface area contributed by atoms with Gasteiger partial charge < -0.3 is 0 Å². The minimum absolute atomic E-state index is 0.479. The Labute approximate surface area is 135 Å². The standard InChI is InChI=1S/C18H20BrCl/c1-13-6-14(2)8-16(7-13)10-17(12-20)9-15-4-3-5-18(19)11-15/h3-8,11,17H,9-10,12H2,1-2H3. The van der Waals surface area contributed by atoms with Crippen molar-refractivity contribution in [3.05, 3.63) is 69.2 Å². The van der Waals surface area contributed by atoms with Crippen LogP contribution in [0.1, 0.15) is 22.3 Å². The van der Waals surface area contributed by atoms with E-state index in [4.69, 9.17) is 11.6 Å². The van der Waals surface area contributed by atoms with Crippen molar-refractivity contribution in [1.29, 1.82) is 0 Å². The van der Waals surface area contributed by atoms with E-state index in [1.807, 2.05) is 0 Å². The Morgan fingerprint density at radius 1 is 0.950 bits per heavy atom. The third kappa shape index (κ3) is 4.64. The number of aryl methyl sites for hydroxylation is 2. The molecule has 0 aliphatic heterocycles. The summed E-state index contributed by atoms with van der Waals surface area (Å²) in [5.74, 6) is 1.17. The Bertz CT molecular complexity index is 557. The summed E-state index contributed by atoms with van der Waals surface area (Å²) >= 11 is 9.70. The second-order valence-electron chi connectivity index (χ2n) is 5.55. The van der Waals surface area contributed by atoms with Gasteiger partial charge in [-0.1, -0.05) is 57.4 Å². The first-order valence-electron chi connectivity index (χ1n) is 6.94. The summed E-state index contributed by atoms with van der Waals surface area (Å²) in [6, 6.07) is 15.3. The van der Waals surface area contributed by atoms with E-state index in [1.165, 1.54) is 22.3 Å². The van der Waals surface area contributed by atoms with E-state index >= 15 is 0 Å². The number of rotatable bonds is 5. The summed E-state index contributed by atoms with van der Waals surface area (Å²) in [6.07, 6.45) is 2.06. The van der Waals surface area contributed by atoms with Gasteiger partial charge in [0.2, 0.25) is 0 Å². The first-order chi connectivity index (χ1) is 9.56. The van der Waals surface area contributed by atoms with Gasteiger partial charge in [-0.05, 0) is 55.9 Å². The number of halogens is 2. The third-order valence-electron chi connectivity index (χ3n) is 3.44. The maximum atomic E-state index is 6.17. The van der Waals surface area contributed by atoms with E-state index in [2.05, 4.69) is 72.2 Å². The highest BCUT2D eigenvalue weighted by Gasteiger charge is 2.10. The molecule has 0 aliphatic carbocycles. The normalized spacial score (nSPS) is 12.4. The topological polar surface area (TPSA) is 0 Å². The highest BCUT2D eigenvalue weighted by Crippen LogP contribution is 2.20. The molecule has 0 amide bonds. The molecule has 1 atom stereocenters. The largest absolute Gasteiger partial charge is 0.126 e. The summed E-state index contributed by atoms with van der Waals surface area (Å²) < 4.78 is 1.13. The highest BCUT2D eigenvalue weighted by atomic mass is 79.9. The van der Waals surface area contributed by atoms with Crippen LogP contribution in [0.3, 0.4) is 0 Å². The minimum atomic E-state index is 0.479. The van der Waals surface area contributed by atoms with Crippen LogP contribution in [-0.2, 0) is 12.8 Å². The van der Waals surface area contributed by atoms with Gasteiger partial charge in [-0.3, -0.25) is 0 Å². The lowest BCUT2D eigenvalue weighted by molar-refractivity contribution is 0.583. The monoisotopic (exact) mass is 350 g/mol. The Hall–Kier alpha value is -0.790. The van der Waals surface area contributed by atoms with Gasteiger partial charge in [-0.25, -0.2) is 0 Å². The van der Waals surface area contributed by atoms with Crippen LogP contribution in [0, 0.1) is 19.8 Å². The lowest BCUT2D eigenvalue weighted by Gasteiger charge is -2.15. The van der Waals surface area contributed by atoms with Crippen LogP contribution in [0.15, 0.2) is 46.9 Å². The fraction of sp³-hybridized carbons (Fsp3) is 0.333. The number of alkyl halides is 1. The lowest BCUT2D eigenvalue weighted by Crippen LogP contribution is -2.10. The molecule has 0 aromatic heterocycles. The average molecular weight is 352 g/mol. The second kappa shape index (κ2) is 7.28. The van der Waals surface area contributed by atoms with Crippen LogP contribution in [0.5, 0.6) is 0 Å². The molecule has 2 aromatic carbocycles. The molecule has 0 N–H and O–H groups in total. The zero-order chi connectivity index (χ0) is 14.5. The van der Waals surface area contributed by atoms with Crippen molar-refractivity contribution in [2.45, 2.75) is 26.7 Å². The summed E-state index contributed by atoms with van der Waals surface area (Å²) in [5, 5.41) is 0. The molecule has 0 heterocycles. The van der Waals surface area contributed by atoms with Crippen molar-refractivity contribution in [3.63, 3.8) is 0 Å². The molecule has 106 valence electrons. The molecule has 2 aromatic rings. The van der Waals surface area contributed by atoms with Gasteiger partial charge in [-0.2, -0.15) is 0 Å². The number of hydrogen-bond donors (Lipinski definition) is 0. The van der Waals surface area contributed by atoms with E-state index < -0.39 is 0 Å². The fourth-order valence-corrected chi connectivity index (χ4v) is 3.36. The lowest BCUT2D eigenvalue weighted by atomic mass is 9.92. The van der Waals surface area contributed by atoms with Crippen molar-refractivity contribution >= 4 is 27.5 Å². The molecular weight excluding hydrogens is 332 g/mol. The van der Waals surface area contributed by atoms with Crippen LogP contribution < -0.4 is 0 Å². The summed E-state index contributed by atoms with van der Waals surface area (Å²) in [7, 11) is 0. The molecule has 0 saturated heterocycles. The SMILES string of the molecule is Cc1cc(C)cc(CC(CCl)Cc2cccc(Br)c2)c1. The zero-order valence-corrected chi connectivity index (χ0v) is 14.3. The minimum Gasteiger partial charge on any atom is -0.126 e. The Balaban J connectivity index is 2.09. The maximum Gasteiger partial charge on any atom is 0.0258 e. The molecular formula is C18H20BrCl. The van der Waals surface area contributed by atoms with Crippen LogP contribution in [0.4, 0.5) is 0 Å². The molecule has 1 unspecified atom stereocenters. The predicted octanol–water partition coefficient (Wildman–Crippen LogP) is 5.71. The van der Waals surface area contributed by atoms with E-state index in [9.17, 15) is 0 Å². The van der Waals surface area contributed by atoms with Gasteiger partial charge >= 0.3 is 0 Å². The van der Waals surface area contributed by atoms with Crippen LogP contribution in [0.2, 0.25) is 0 Å². The molecule has 0 radical (unpaired) electrons. The zero-order valence-electron chi connectivity index (χ0n) is 12.0. The van der Waals surface area contributed by atoms with Gasteiger partial charge in [0.05, 0.1) is 0 Å². The quantitative estimate of drug-likeness (QED) is 0.606. The second-order valence-corrected chi connectivity index (χ2v) is 6.78. The van der Waals surface area contributed by atoms with Gasteiger partial charge in [-0.15, -0.1) is 11.6 Å². The fourth-order valence-electron chi connectivity index (χ4n) is 2.70. The molecule has 0 aliphatic rings. The van der Waals surface area contributed by atoms with Gasteiger partial charge in [0.25, 0.3) is 0 Å². The van der Waals surface area contributed by atoms with Gasteiger partial charge in [0, 0.05) is 10.4 Å². The van der Waals surface area contributed by atoms with Crippen LogP contribution in [0.25, 0.3) is 0 Å². The molecule has 2 heteroatoms.